The summed E-state index contributed by atoms with van der Waals surface area (Å²) < 4.78 is 10.1. The van der Waals surface area contributed by atoms with Gasteiger partial charge in [0.2, 0.25) is 11.5 Å². The summed E-state index contributed by atoms with van der Waals surface area (Å²) in [5.41, 5.74) is 4.20. The Hall–Kier alpha value is -4.21. The second-order valence-corrected chi connectivity index (χ2v) is 8.16. The number of anilines is 1. The van der Waals surface area contributed by atoms with Gasteiger partial charge >= 0.3 is 12.1 Å². The fraction of sp³-hybridized carbons (Fsp3) is 0.292. The highest BCUT2D eigenvalue weighted by atomic mass is 16.6. The van der Waals surface area contributed by atoms with Crippen LogP contribution >= 0.6 is 0 Å². The molecule has 0 saturated heterocycles. The quantitative estimate of drug-likeness (QED) is 0.435. The lowest BCUT2D eigenvalue weighted by Gasteiger charge is -2.14. The van der Waals surface area contributed by atoms with Gasteiger partial charge in [0.15, 0.2) is 0 Å². The minimum absolute atomic E-state index is 0.0111. The molecule has 2 amide bonds. The summed E-state index contributed by atoms with van der Waals surface area (Å²) in [7, 11) is 0. The Balaban J connectivity index is 1.34. The van der Waals surface area contributed by atoms with E-state index >= 15 is 0 Å². The van der Waals surface area contributed by atoms with Gasteiger partial charge in [0, 0.05) is 18.9 Å². The molecule has 0 spiro atoms. The van der Waals surface area contributed by atoms with E-state index in [4.69, 9.17) is 9.84 Å². The first-order valence-electron chi connectivity index (χ1n) is 10.9. The molecule has 3 N–H and O–H groups in total. The number of carbonyl (C=O) groups is 3. The number of carbonyl (C=O) groups excluding carboxylic acids is 2. The van der Waals surface area contributed by atoms with Crippen molar-refractivity contribution in [2.75, 3.05) is 18.5 Å². The number of amides is 2. The number of nitrogens with one attached hydrogen (secondary N) is 2. The van der Waals surface area contributed by atoms with Crippen molar-refractivity contribution in [3.8, 4) is 11.1 Å². The van der Waals surface area contributed by atoms with Gasteiger partial charge < -0.3 is 15.2 Å². The van der Waals surface area contributed by atoms with Gasteiger partial charge in [-0.25, -0.2) is 9.42 Å². The first-order chi connectivity index (χ1) is 16.4. The highest BCUT2D eigenvalue weighted by Crippen LogP contribution is 2.44. The molecular weight excluding hydrogens is 440 g/mol. The second-order valence-electron chi connectivity index (χ2n) is 8.16. The Morgan fingerprint density at radius 3 is 2.35 bits per heavy atom. The number of aliphatic carboxylic acids is 1. The smallest absolute Gasteiger partial charge is 0.412 e. The number of aromatic nitrogens is 2. The summed E-state index contributed by atoms with van der Waals surface area (Å²) in [5.74, 6) is -1.82. The van der Waals surface area contributed by atoms with Crippen LogP contribution < -0.4 is 10.6 Å². The summed E-state index contributed by atoms with van der Waals surface area (Å²) in [6, 6.07) is 16.0. The lowest BCUT2D eigenvalue weighted by Crippen LogP contribution is -2.30. The molecule has 1 heterocycles. The first kappa shape index (κ1) is 23.0. The fourth-order valence-electron chi connectivity index (χ4n) is 3.97. The monoisotopic (exact) mass is 464 g/mol. The Morgan fingerprint density at radius 1 is 1.06 bits per heavy atom. The summed E-state index contributed by atoms with van der Waals surface area (Å²) >= 11 is 0. The third kappa shape index (κ3) is 5.06. The van der Waals surface area contributed by atoms with Crippen LogP contribution in [0.2, 0.25) is 0 Å². The molecule has 1 unspecified atom stereocenters. The van der Waals surface area contributed by atoms with Crippen LogP contribution in [0, 0.1) is 5.92 Å². The summed E-state index contributed by atoms with van der Waals surface area (Å²) in [6.45, 7) is 2.16. The van der Waals surface area contributed by atoms with Crippen LogP contribution in [0.5, 0.6) is 0 Å². The van der Waals surface area contributed by atoms with Gasteiger partial charge in [-0.15, -0.1) is 0 Å². The van der Waals surface area contributed by atoms with E-state index in [0.29, 0.717) is 6.42 Å². The Morgan fingerprint density at radius 2 is 1.71 bits per heavy atom. The third-order valence-corrected chi connectivity index (χ3v) is 5.73. The van der Waals surface area contributed by atoms with Gasteiger partial charge in [-0.1, -0.05) is 55.5 Å². The van der Waals surface area contributed by atoms with Crippen molar-refractivity contribution in [3.05, 3.63) is 65.4 Å². The molecule has 3 aromatic rings. The molecule has 0 fully saturated rings. The number of carboxylic acids is 1. The summed E-state index contributed by atoms with van der Waals surface area (Å²) in [5, 5.41) is 20.9. The Bertz CT molecular complexity index is 1160. The molecule has 10 nitrogen and oxygen atoms in total. The molecule has 34 heavy (non-hydrogen) atoms. The molecule has 0 aliphatic heterocycles. The van der Waals surface area contributed by atoms with E-state index in [2.05, 4.69) is 25.6 Å². The number of hydrogen-bond donors (Lipinski definition) is 3. The van der Waals surface area contributed by atoms with Crippen molar-refractivity contribution in [2.45, 2.75) is 25.7 Å². The molecule has 1 aliphatic carbocycles. The van der Waals surface area contributed by atoms with E-state index in [1.54, 1.807) is 0 Å². The molecule has 1 aromatic heterocycles. The van der Waals surface area contributed by atoms with E-state index in [-0.39, 0.29) is 42.9 Å². The molecule has 0 radical (unpaired) electrons. The van der Waals surface area contributed by atoms with Gasteiger partial charge in [-0.05, 0) is 44.9 Å². The van der Waals surface area contributed by atoms with Crippen LogP contribution in [0.1, 0.15) is 47.3 Å². The standard InChI is InChI=1S/C24H24N4O6/c1-14(10-11-20(29)30)12-25-23(31)21-22(28-34-27-21)26-24(32)33-13-19-17-8-4-2-6-15(17)16-7-3-5-9-18(16)19/h2-9,14,19H,10-13H2,1H3,(H,25,31)(H,29,30)(H,26,28,32). The molecule has 1 atom stereocenters. The predicted molar refractivity (Wildman–Crippen MR) is 121 cm³/mol. The third-order valence-electron chi connectivity index (χ3n) is 5.73. The molecule has 2 aromatic carbocycles. The number of rotatable bonds is 9. The zero-order valence-electron chi connectivity index (χ0n) is 18.5. The molecule has 176 valence electrons. The van der Waals surface area contributed by atoms with E-state index in [0.717, 1.165) is 22.3 Å². The average molecular weight is 464 g/mol. The van der Waals surface area contributed by atoms with Crippen molar-refractivity contribution >= 4 is 23.8 Å². The minimum atomic E-state index is -0.895. The minimum Gasteiger partial charge on any atom is -0.481 e. The van der Waals surface area contributed by atoms with Crippen LogP contribution in [-0.2, 0) is 9.53 Å². The number of nitrogens with zero attached hydrogens (tertiary/aromatic N) is 2. The Kier molecular flexibility index (Phi) is 6.86. The highest BCUT2D eigenvalue weighted by Gasteiger charge is 2.29. The van der Waals surface area contributed by atoms with Crippen molar-refractivity contribution in [3.63, 3.8) is 0 Å². The normalized spacial score (nSPS) is 13.0. The first-order valence-corrected chi connectivity index (χ1v) is 10.9. The van der Waals surface area contributed by atoms with Crippen molar-refractivity contribution in [2.24, 2.45) is 5.92 Å². The predicted octanol–water partition coefficient (Wildman–Crippen LogP) is 3.66. The zero-order valence-corrected chi connectivity index (χ0v) is 18.5. The number of hydrogen-bond acceptors (Lipinski definition) is 7. The topological polar surface area (TPSA) is 144 Å². The van der Waals surface area contributed by atoms with Gasteiger partial charge in [-0.2, -0.15) is 0 Å². The van der Waals surface area contributed by atoms with Crippen LogP contribution in [0.4, 0.5) is 10.6 Å². The van der Waals surface area contributed by atoms with Gasteiger partial charge in [0.1, 0.15) is 6.61 Å². The molecular formula is C24H24N4O6. The van der Waals surface area contributed by atoms with E-state index in [9.17, 15) is 14.4 Å². The largest absolute Gasteiger partial charge is 0.481 e. The van der Waals surface area contributed by atoms with Crippen molar-refractivity contribution in [1.29, 1.82) is 0 Å². The van der Waals surface area contributed by atoms with Gasteiger partial charge in [0.05, 0.1) is 0 Å². The molecule has 1 aliphatic rings. The maximum atomic E-state index is 12.5. The number of benzene rings is 2. The molecule has 0 bridgehead atoms. The van der Waals surface area contributed by atoms with E-state index in [1.807, 2.05) is 55.5 Å². The molecule has 0 saturated carbocycles. The van der Waals surface area contributed by atoms with Crippen LogP contribution in [0.25, 0.3) is 11.1 Å². The highest BCUT2D eigenvalue weighted by molar-refractivity contribution is 5.99. The fourth-order valence-corrected chi connectivity index (χ4v) is 3.97. The van der Waals surface area contributed by atoms with Crippen molar-refractivity contribution in [1.82, 2.24) is 15.6 Å². The van der Waals surface area contributed by atoms with E-state index < -0.39 is 18.0 Å². The number of ether oxygens (including phenoxy) is 1. The molecule has 10 heteroatoms. The average Bonchev–Trinajstić information content (AvgIpc) is 3.42. The summed E-state index contributed by atoms with van der Waals surface area (Å²) in [4.78, 5) is 35.5. The SMILES string of the molecule is CC(CCC(=O)O)CNC(=O)c1nonc1NC(=O)OCC1c2ccccc2-c2ccccc21. The van der Waals surface area contributed by atoms with Crippen LogP contribution in [-0.4, -0.2) is 46.5 Å². The lowest BCUT2D eigenvalue weighted by molar-refractivity contribution is -0.137. The van der Waals surface area contributed by atoms with Crippen molar-refractivity contribution < 1.29 is 28.9 Å². The summed E-state index contributed by atoms with van der Waals surface area (Å²) in [6.07, 6.45) is -0.365. The second kappa shape index (κ2) is 10.2. The van der Waals surface area contributed by atoms with Gasteiger partial charge in [-0.3, -0.25) is 14.9 Å². The van der Waals surface area contributed by atoms with E-state index in [1.165, 1.54) is 0 Å². The number of carboxylic acid groups (broad SMARTS) is 1. The maximum absolute atomic E-state index is 12.5. The number of fused-ring (bicyclic) bond motifs is 3. The zero-order chi connectivity index (χ0) is 24.1. The van der Waals surface area contributed by atoms with Crippen LogP contribution in [0.15, 0.2) is 53.2 Å². The lowest BCUT2D eigenvalue weighted by atomic mass is 9.98. The Labute approximate surface area is 195 Å². The maximum Gasteiger partial charge on any atom is 0.412 e. The van der Waals surface area contributed by atoms with Gasteiger partial charge in [0.25, 0.3) is 5.91 Å². The van der Waals surface area contributed by atoms with Crippen LogP contribution in [0.3, 0.4) is 0 Å². The molecule has 4 rings (SSSR count).